The predicted octanol–water partition coefficient (Wildman–Crippen LogP) is 5.03. The Bertz CT molecular complexity index is 950. The molecule has 1 aliphatic carbocycles. The third kappa shape index (κ3) is 16.6. The molecule has 0 amide bonds. The lowest BCUT2D eigenvalue weighted by molar-refractivity contribution is 0.385. The zero-order chi connectivity index (χ0) is 26.8. The molecule has 7 heteroatoms. The monoisotopic (exact) mass is 525 g/mol. The highest BCUT2D eigenvalue weighted by atomic mass is 14.8. The number of aryl methyl sites for hydroxylation is 1. The summed E-state index contributed by atoms with van der Waals surface area (Å²) in [6, 6.07) is 24.0. The minimum atomic E-state index is 0. The first-order valence-electron chi connectivity index (χ1n) is 12.7. The summed E-state index contributed by atoms with van der Waals surface area (Å²) in [5.74, 6) is 0. The van der Waals surface area contributed by atoms with E-state index in [1.54, 1.807) is 0 Å². The fourth-order valence-corrected chi connectivity index (χ4v) is 3.57. The standard InChI is InChI=1S/C8H12N2.C8H11N.C7H10N2.C6H14N2.2CH4/c1-10-6-7-3-2-4-8(9)5-7;1-2-7-3-5-8(9)6-4-7;8-5-6-2-1-3-7(9)4-6;7-5-3-1-2-4-6(5)8;;/h2-5,10H,6,9H2,1H3;3-6H,2,9H2,1H3;1-4H,5,8-9H2;5-6H,1-4,7-8H2;2*1H4. The molecular weight excluding hydrogens is 470 g/mol. The van der Waals surface area contributed by atoms with Crippen LogP contribution in [0.5, 0.6) is 0 Å². The summed E-state index contributed by atoms with van der Waals surface area (Å²) in [5.41, 5.74) is 39.3. The van der Waals surface area contributed by atoms with Crippen molar-refractivity contribution < 1.29 is 0 Å². The van der Waals surface area contributed by atoms with E-state index < -0.39 is 0 Å². The molecule has 1 saturated carbocycles. The Morgan fingerprint density at radius 3 is 1.53 bits per heavy atom. The van der Waals surface area contributed by atoms with Crippen LogP contribution in [0.3, 0.4) is 0 Å². The Balaban J connectivity index is 0. The Hall–Kier alpha value is -3.10. The summed E-state index contributed by atoms with van der Waals surface area (Å²) >= 11 is 0. The van der Waals surface area contributed by atoms with E-state index >= 15 is 0 Å². The molecule has 7 nitrogen and oxygen atoms in total. The first-order valence-corrected chi connectivity index (χ1v) is 12.7. The van der Waals surface area contributed by atoms with Crippen LogP contribution in [0.25, 0.3) is 0 Å². The Morgan fingerprint density at radius 2 is 1.16 bits per heavy atom. The van der Waals surface area contributed by atoms with Crippen molar-refractivity contribution in [3.63, 3.8) is 0 Å². The number of anilines is 3. The van der Waals surface area contributed by atoms with E-state index in [0.29, 0.717) is 6.54 Å². The van der Waals surface area contributed by atoms with Gasteiger partial charge >= 0.3 is 0 Å². The molecule has 3 aromatic carbocycles. The Kier molecular flexibility index (Phi) is 21.4. The molecule has 1 aliphatic rings. The lowest BCUT2D eigenvalue weighted by Gasteiger charge is -2.24. The van der Waals surface area contributed by atoms with Gasteiger partial charge in [-0.2, -0.15) is 0 Å². The summed E-state index contributed by atoms with van der Waals surface area (Å²) in [6.45, 7) is 3.57. The minimum absolute atomic E-state index is 0. The number of nitrogens with one attached hydrogen (secondary N) is 1. The third-order valence-electron chi connectivity index (χ3n) is 5.78. The largest absolute Gasteiger partial charge is 0.399 e. The summed E-state index contributed by atoms with van der Waals surface area (Å²) in [6.07, 6.45) is 5.88. The fraction of sp³-hybridized carbons (Fsp3) is 0.419. The lowest BCUT2D eigenvalue weighted by atomic mass is 9.92. The van der Waals surface area contributed by atoms with Crippen molar-refractivity contribution in [3.05, 3.63) is 89.5 Å². The molecule has 3 aromatic rings. The lowest BCUT2D eigenvalue weighted by Crippen LogP contribution is -2.43. The molecule has 2 unspecified atom stereocenters. The van der Waals surface area contributed by atoms with E-state index in [4.69, 9.17) is 34.4 Å². The van der Waals surface area contributed by atoms with Gasteiger partial charge in [-0.25, -0.2) is 0 Å². The van der Waals surface area contributed by atoms with Crippen molar-refractivity contribution in [2.24, 2.45) is 17.2 Å². The van der Waals surface area contributed by atoms with Gasteiger partial charge in [-0.1, -0.05) is 71.0 Å². The number of hydrogen-bond acceptors (Lipinski definition) is 7. The van der Waals surface area contributed by atoms with Gasteiger partial charge in [0.25, 0.3) is 0 Å². The zero-order valence-electron chi connectivity index (χ0n) is 22.0. The van der Waals surface area contributed by atoms with Crippen LogP contribution >= 0.6 is 0 Å². The van der Waals surface area contributed by atoms with Gasteiger partial charge in [0.15, 0.2) is 0 Å². The molecule has 214 valence electrons. The van der Waals surface area contributed by atoms with Gasteiger partial charge in [-0.05, 0) is 79.4 Å². The molecule has 0 spiro atoms. The maximum atomic E-state index is 5.65. The Labute approximate surface area is 232 Å². The highest BCUT2D eigenvalue weighted by molar-refractivity contribution is 5.41. The predicted molar refractivity (Wildman–Crippen MR) is 170 cm³/mol. The van der Waals surface area contributed by atoms with Crippen LogP contribution in [0.1, 0.15) is 64.2 Å². The van der Waals surface area contributed by atoms with Gasteiger partial charge in [-0.15, -0.1) is 0 Å². The van der Waals surface area contributed by atoms with Crippen LogP contribution in [0.2, 0.25) is 0 Å². The van der Waals surface area contributed by atoms with E-state index in [9.17, 15) is 0 Å². The molecule has 0 radical (unpaired) electrons. The van der Waals surface area contributed by atoms with Gasteiger partial charge < -0.3 is 39.7 Å². The molecule has 4 rings (SSSR count). The van der Waals surface area contributed by atoms with Crippen molar-refractivity contribution in [2.75, 3.05) is 24.2 Å². The van der Waals surface area contributed by atoms with Gasteiger partial charge in [-0.3, -0.25) is 0 Å². The first-order chi connectivity index (χ1) is 17.3. The number of nitrogen functional groups attached to an aromatic ring is 3. The van der Waals surface area contributed by atoms with Crippen molar-refractivity contribution in [3.8, 4) is 0 Å². The van der Waals surface area contributed by atoms with Crippen LogP contribution in [0, 0.1) is 0 Å². The summed E-state index contributed by atoms with van der Waals surface area (Å²) in [7, 11) is 1.92. The molecule has 2 atom stereocenters. The van der Waals surface area contributed by atoms with E-state index in [2.05, 4.69) is 24.4 Å². The highest BCUT2D eigenvalue weighted by Gasteiger charge is 2.16. The number of benzene rings is 3. The van der Waals surface area contributed by atoms with Crippen LogP contribution in [-0.4, -0.2) is 19.1 Å². The zero-order valence-corrected chi connectivity index (χ0v) is 22.0. The molecule has 0 heterocycles. The average Bonchev–Trinajstić information content (AvgIpc) is 2.88. The second kappa shape index (κ2) is 21.9. The SMILES string of the molecule is C.C.CCc1ccc(N)cc1.CNCc1cccc(N)c1.NC1CCCCC1N.NCc1cccc(N)c1. The number of rotatable bonds is 4. The van der Waals surface area contributed by atoms with Crippen LogP contribution in [0.4, 0.5) is 17.1 Å². The molecule has 1 fully saturated rings. The summed E-state index contributed by atoms with van der Waals surface area (Å²) in [5, 5.41) is 3.06. The Morgan fingerprint density at radius 1 is 0.684 bits per heavy atom. The van der Waals surface area contributed by atoms with Gasteiger partial charge in [0.2, 0.25) is 0 Å². The summed E-state index contributed by atoms with van der Waals surface area (Å²) < 4.78 is 0. The quantitative estimate of drug-likeness (QED) is 0.234. The minimum Gasteiger partial charge on any atom is -0.399 e. The van der Waals surface area contributed by atoms with E-state index in [0.717, 1.165) is 48.4 Å². The molecule has 0 saturated heterocycles. The molecule has 0 aliphatic heterocycles. The van der Waals surface area contributed by atoms with Crippen molar-refractivity contribution in [1.29, 1.82) is 0 Å². The number of nitrogens with two attached hydrogens (primary N) is 6. The number of hydrogen-bond donors (Lipinski definition) is 7. The van der Waals surface area contributed by atoms with Gasteiger partial charge in [0.1, 0.15) is 0 Å². The van der Waals surface area contributed by atoms with Gasteiger partial charge in [0, 0.05) is 42.2 Å². The molecule has 13 N–H and O–H groups in total. The van der Waals surface area contributed by atoms with Crippen LogP contribution in [0.15, 0.2) is 72.8 Å². The normalized spacial score (nSPS) is 15.4. The molecule has 38 heavy (non-hydrogen) atoms. The topological polar surface area (TPSA) is 168 Å². The average molecular weight is 526 g/mol. The maximum Gasteiger partial charge on any atom is 0.0317 e. The van der Waals surface area contributed by atoms with E-state index in [1.165, 1.54) is 24.0 Å². The van der Waals surface area contributed by atoms with E-state index in [-0.39, 0.29) is 26.9 Å². The second-order valence-electron chi connectivity index (χ2n) is 8.93. The molecule has 0 aromatic heterocycles. The van der Waals surface area contributed by atoms with E-state index in [1.807, 2.05) is 67.7 Å². The van der Waals surface area contributed by atoms with Crippen molar-refractivity contribution in [1.82, 2.24) is 5.32 Å². The smallest absolute Gasteiger partial charge is 0.0317 e. The first kappa shape index (κ1) is 37.1. The third-order valence-corrected chi connectivity index (χ3v) is 5.78. The van der Waals surface area contributed by atoms with Gasteiger partial charge in [0.05, 0.1) is 0 Å². The fourth-order valence-electron chi connectivity index (χ4n) is 3.57. The second-order valence-corrected chi connectivity index (χ2v) is 8.93. The molecule has 0 bridgehead atoms. The van der Waals surface area contributed by atoms with Crippen LogP contribution in [-0.2, 0) is 19.5 Å². The van der Waals surface area contributed by atoms with Crippen molar-refractivity contribution >= 4 is 17.1 Å². The maximum absolute atomic E-state index is 5.65. The molecular formula is C31H55N7. The van der Waals surface area contributed by atoms with Crippen LogP contribution < -0.4 is 39.7 Å². The summed E-state index contributed by atoms with van der Waals surface area (Å²) in [4.78, 5) is 0. The van der Waals surface area contributed by atoms with Crippen molar-refractivity contribution in [2.45, 2.75) is 79.1 Å². The highest BCUT2D eigenvalue weighted by Crippen LogP contribution is 2.14.